The van der Waals surface area contributed by atoms with Crippen LogP contribution in [-0.4, -0.2) is 17.3 Å². The van der Waals surface area contributed by atoms with Gasteiger partial charge in [0.1, 0.15) is 6.10 Å². The first-order chi connectivity index (χ1) is 18.6. The highest BCUT2D eigenvalue weighted by Gasteiger charge is 2.69. The summed E-state index contributed by atoms with van der Waals surface area (Å²) >= 11 is 5.98. The van der Waals surface area contributed by atoms with Crippen molar-refractivity contribution in [2.24, 2.45) is 50.7 Å². The first kappa shape index (κ1) is 30.4. The van der Waals surface area contributed by atoms with Crippen molar-refractivity contribution in [1.82, 2.24) is 0 Å². The van der Waals surface area contributed by atoms with Gasteiger partial charge >= 0.3 is 5.97 Å². The van der Waals surface area contributed by atoms with Crippen molar-refractivity contribution in [3.63, 3.8) is 0 Å². The molecule has 0 aromatic carbocycles. The van der Waals surface area contributed by atoms with Crippen molar-refractivity contribution < 1.29 is 14.3 Å². The van der Waals surface area contributed by atoms with Gasteiger partial charge in [0, 0.05) is 18.8 Å². The summed E-state index contributed by atoms with van der Waals surface area (Å²) in [4.78, 5) is 24.0. The fourth-order valence-corrected chi connectivity index (χ4v) is 12.3. The number of allylic oxidation sites excluding steroid dienone is 4. The predicted molar refractivity (Wildman–Crippen MR) is 164 cm³/mol. The van der Waals surface area contributed by atoms with Gasteiger partial charge in [-0.3, -0.25) is 9.59 Å². The van der Waals surface area contributed by atoms with E-state index < -0.39 is 0 Å². The average Bonchev–Trinajstić information content (AvgIpc) is 3.20. The van der Waals surface area contributed by atoms with Crippen LogP contribution < -0.4 is 0 Å². The van der Waals surface area contributed by atoms with Crippen LogP contribution >= 0.6 is 11.6 Å². The van der Waals surface area contributed by atoms with E-state index in [1.165, 1.54) is 44.1 Å². The second-order valence-corrected chi connectivity index (χ2v) is 16.6. The van der Waals surface area contributed by atoms with Gasteiger partial charge in [-0.05, 0) is 139 Å². The van der Waals surface area contributed by atoms with Crippen LogP contribution in [0.2, 0.25) is 0 Å². The van der Waals surface area contributed by atoms with Crippen molar-refractivity contribution in [2.45, 2.75) is 139 Å². The van der Waals surface area contributed by atoms with Gasteiger partial charge in [-0.2, -0.15) is 0 Å². The zero-order valence-electron chi connectivity index (χ0n) is 26.8. The highest BCUT2D eigenvalue weighted by atomic mass is 35.5. The molecule has 4 fully saturated rings. The van der Waals surface area contributed by atoms with Crippen LogP contribution in [0.4, 0.5) is 0 Å². The molecule has 224 valence electrons. The van der Waals surface area contributed by atoms with Crippen LogP contribution in [0.25, 0.3) is 0 Å². The zero-order chi connectivity index (χ0) is 29.5. The molecule has 0 N–H and O–H groups in total. The Labute approximate surface area is 249 Å². The Morgan fingerprint density at radius 3 is 2.25 bits per heavy atom. The number of rotatable bonds is 5. The standard InChI is InChI=1S/C36H55ClO3/c1-10-24-21-36(18-15-29(37)39)20-19-34(8)25(31(36)30(24)22(2)3)11-12-27-33(7)16-14-28(40-23(4)38)32(5,6)26(33)13-17-35(27,34)9/h10,22,25-28H,11-21H2,1-9H3. The van der Waals surface area contributed by atoms with Crippen molar-refractivity contribution >= 4 is 22.8 Å². The Hall–Kier alpha value is -1.09. The molecular weight excluding hydrogens is 516 g/mol. The lowest BCUT2D eigenvalue weighted by atomic mass is 9.33. The fraction of sp³-hybridized carbons (Fsp3) is 0.833. The fourth-order valence-electron chi connectivity index (χ4n) is 12.2. The van der Waals surface area contributed by atoms with E-state index in [-0.39, 0.29) is 44.4 Å². The maximum absolute atomic E-state index is 12.0. The molecule has 5 aliphatic carbocycles. The number of hydrogen-bond donors (Lipinski definition) is 0. The summed E-state index contributed by atoms with van der Waals surface area (Å²) in [6.07, 6.45) is 14.4. The number of carbonyl (C=O) groups excluding carboxylic acids is 2. The van der Waals surface area contributed by atoms with E-state index in [4.69, 9.17) is 16.3 Å². The van der Waals surface area contributed by atoms with Gasteiger partial charge in [0.05, 0.1) is 0 Å². The number of halogens is 1. The highest BCUT2D eigenvalue weighted by molar-refractivity contribution is 6.63. The number of fused-ring (bicyclic) bond motifs is 7. The van der Waals surface area contributed by atoms with E-state index in [1.807, 2.05) is 0 Å². The molecule has 8 atom stereocenters. The quantitative estimate of drug-likeness (QED) is 0.244. The van der Waals surface area contributed by atoms with Crippen LogP contribution in [0, 0.1) is 50.7 Å². The minimum Gasteiger partial charge on any atom is -0.462 e. The summed E-state index contributed by atoms with van der Waals surface area (Å²) in [5, 5.41) is -0.184. The molecule has 3 nitrogen and oxygen atoms in total. The molecule has 0 amide bonds. The first-order valence-electron chi connectivity index (χ1n) is 16.3. The summed E-state index contributed by atoms with van der Waals surface area (Å²) in [6.45, 7) is 21.2. The minimum absolute atomic E-state index is 0.00676. The predicted octanol–water partition coefficient (Wildman–Crippen LogP) is 9.82. The van der Waals surface area contributed by atoms with E-state index in [0.29, 0.717) is 30.1 Å². The molecule has 0 saturated heterocycles. The minimum atomic E-state index is -0.184. The molecule has 0 spiro atoms. The molecule has 8 unspecified atom stereocenters. The third-order valence-electron chi connectivity index (χ3n) is 14.0. The molecule has 40 heavy (non-hydrogen) atoms. The lowest BCUT2D eigenvalue weighted by Crippen LogP contribution is -2.65. The topological polar surface area (TPSA) is 43.4 Å². The van der Waals surface area contributed by atoms with Gasteiger partial charge < -0.3 is 4.74 Å². The van der Waals surface area contributed by atoms with Crippen LogP contribution in [-0.2, 0) is 14.3 Å². The second kappa shape index (κ2) is 9.99. The molecule has 4 saturated carbocycles. The van der Waals surface area contributed by atoms with E-state index in [0.717, 1.165) is 25.7 Å². The van der Waals surface area contributed by atoms with Crippen LogP contribution in [0.3, 0.4) is 0 Å². The number of carbonyl (C=O) groups is 2. The van der Waals surface area contributed by atoms with E-state index in [2.05, 4.69) is 61.5 Å². The molecule has 0 bridgehead atoms. The van der Waals surface area contributed by atoms with Crippen molar-refractivity contribution in [1.29, 1.82) is 0 Å². The van der Waals surface area contributed by atoms with Crippen LogP contribution in [0.15, 0.2) is 22.8 Å². The van der Waals surface area contributed by atoms with E-state index in [1.54, 1.807) is 18.1 Å². The molecular formula is C36H55ClO3. The maximum Gasteiger partial charge on any atom is 0.302 e. The molecule has 0 aromatic heterocycles. The summed E-state index contributed by atoms with van der Waals surface area (Å²) in [7, 11) is 0. The Balaban J connectivity index is 1.56. The lowest BCUT2D eigenvalue weighted by molar-refractivity contribution is -0.232. The van der Waals surface area contributed by atoms with Crippen molar-refractivity contribution in [3.8, 4) is 0 Å². The summed E-state index contributed by atoms with van der Waals surface area (Å²) in [6, 6.07) is 0. The van der Waals surface area contributed by atoms with Gasteiger partial charge in [0.15, 0.2) is 0 Å². The normalized spacial score (nSPS) is 45.0. The van der Waals surface area contributed by atoms with Crippen molar-refractivity contribution in [2.75, 3.05) is 0 Å². The summed E-state index contributed by atoms with van der Waals surface area (Å²) in [5.41, 5.74) is 5.75. The van der Waals surface area contributed by atoms with Gasteiger partial charge in [-0.1, -0.05) is 60.1 Å². The number of hydrogen-bond acceptors (Lipinski definition) is 3. The number of esters is 1. The first-order valence-corrected chi connectivity index (χ1v) is 16.7. The van der Waals surface area contributed by atoms with Gasteiger partial charge in [-0.15, -0.1) is 0 Å². The Morgan fingerprint density at radius 1 is 0.950 bits per heavy atom. The monoisotopic (exact) mass is 570 g/mol. The molecule has 5 rings (SSSR count). The molecule has 5 aliphatic rings. The average molecular weight is 571 g/mol. The summed E-state index contributed by atoms with van der Waals surface area (Å²) < 4.78 is 5.94. The molecule has 0 heterocycles. The third kappa shape index (κ3) is 4.16. The molecule has 0 aliphatic heterocycles. The molecule has 4 heteroatoms. The Morgan fingerprint density at radius 2 is 1.65 bits per heavy atom. The Kier molecular flexibility index (Phi) is 7.58. The third-order valence-corrected chi connectivity index (χ3v) is 14.2. The Bertz CT molecular complexity index is 1130. The van der Waals surface area contributed by atoms with E-state index >= 15 is 0 Å². The van der Waals surface area contributed by atoms with Crippen LogP contribution in [0.1, 0.15) is 133 Å². The summed E-state index contributed by atoms with van der Waals surface area (Å²) in [5.74, 6) is 2.19. The SMILES string of the molecule is CC=C1CC2(CCC(=O)Cl)CCC3(C)C(CCC4C5(C)CCC(OC(C)=O)C(C)(C)C5CCC43C)C2=C1C(C)C. The maximum atomic E-state index is 12.0. The van der Waals surface area contributed by atoms with Crippen LogP contribution in [0.5, 0.6) is 0 Å². The zero-order valence-corrected chi connectivity index (χ0v) is 27.6. The van der Waals surface area contributed by atoms with Crippen molar-refractivity contribution in [3.05, 3.63) is 22.8 Å². The number of ether oxygens (including phenoxy) is 1. The highest BCUT2D eigenvalue weighted by Crippen LogP contribution is 2.77. The molecule has 0 aromatic rings. The van der Waals surface area contributed by atoms with Gasteiger partial charge in [0.2, 0.25) is 5.24 Å². The second-order valence-electron chi connectivity index (χ2n) is 16.2. The molecule has 0 radical (unpaired) electrons. The van der Waals surface area contributed by atoms with E-state index in [9.17, 15) is 9.59 Å². The lowest BCUT2D eigenvalue weighted by Gasteiger charge is -2.72. The largest absolute Gasteiger partial charge is 0.462 e. The van der Waals surface area contributed by atoms with Gasteiger partial charge in [-0.25, -0.2) is 0 Å². The smallest absolute Gasteiger partial charge is 0.302 e. The van der Waals surface area contributed by atoms with Gasteiger partial charge in [0.25, 0.3) is 0 Å².